The van der Waals surface area contributed by atoms with Crippen molar-refractivity contribution in [3.8, 4) is 0 Å². The van der Waals surface area contributed by atoms with E-state index in [1.807, 2.05) is 31.1 Å². The van der Waals surface area contributed by atoms with E-state index in [4.69, 9.17) is 16.0 Å². The summed E-state index contributed by atoms with van der Waals surface area (Å²) in [7, 11) is 3.79. The number of anilines is 3. The van der Waals surface area contributed by atoms with Crippen molar-refractivity contribution in [2.75, 3.05) is 29.6 Å². The third-order valence-corrected chi connectivity index (χ3v) is 3.79. The summed E-state index contributed by atoms with van der Waals surface area (Å²) in [6.45, 7) is 0. The number of rotatable bonds is 5. The zero-order valence-electron chi connectivity index (χ0n) is 13.5. The Morgan fingerprint density at radius 3 is 2.72 bits per heavy atom. The molecular formula is C17H15ClN4O3. The van der Waals surface area contributed by atoms with Crippen molar-refractivity contribution in [1.82, 2.24) is 4.98 Å². The van der Waals surface area contributed by atoms with Gasteiger partial charge in [0.15, 0.2) is 0 Å². The highest BCUT2D eigenvalue weighted by Crippen LogP contribution is 2.33. The second-order valence-electron chi connectivity index (χ2n) is 5.46. The summed E-state index contributed by atoms with van der Waals surface area (Å²) >= 11 is 5.78. The van der Waals surface area contributed by atoms with E-state index in [1.54, 1.807) is 18.2 Å². The number of hydrogen-bond acceptors (Lipinski definition) is 5. The van der Waals surface area contributed by atoms with Crippen LogP contribution in [-0.4, -0.2) is 31.4 Å². The van der Waals surface area contributed by atoms with Crippen LogP contribution in [0.25, 0.3) is 11.0 Å². The Balaban J connectivity index is 2.01. The van der Waals surface area contributed by atoms with Crippen LogP contribution in [0.3, 0.4) is 0 Å². The van der Waals surface area contributed by atoms with Crippen molar-refractivity contribution in [3.63, 3.8) is 0 Å². The Morgan fingerprint density at radius 1 is 1.28 bits per heavy atom. The molecule has 0 saturated carbocycles. The molecule has 7 nitrogen and oxygen atoms in total. The van der Waals surface area contributed by atoms with Crippen molar-refractivity contribution in [2.45, 2.75) is 0 Å². The van der Waals surface area contributed by atoms with Crippen LogP contribution in [0.15, 0.2) is 40.9 Å². The first-order chi connectivity index (χ1) is 12.0. The molecule has 0 aliphatic heterocycles. The zero-order chi connectivity index (χ0) is 18.0. The summed E-state index contributed by atoms with van der Waals surface area (Å²) in [6, 6.07) is 8.62. The summed E-state index contributed by atoms with van der Waals surface area (Å²) in [4.78, 5) is 29.4. The van der Waals surface area contributed by atoms with E-state index in [1.165, 1.54) is 6.20 Å². The first kappa shape index (κ1) is 16.8. The van der Waals surface area contributed by atoms with Gasteiger partial charge in [0.2, 0.25) is 12.2 Å². The number of amides is 2. The van der Waals surface area contributed by atoms with Crippen LogP contribution in [0.1, 0.15) is 10.6 Å². The molecular weight excluding hydrogens is 344 g/mol. The average molecular weight is 359 g/mol. The number of furan rings is 1. The number of nitrogens with zero attached hydrogens (tertiary/aromatic N) is 2. The number of carbonyl (C=O) groups excluding carboxylic acids is 2. The molecule has 3 rings (SSSR count). The quantitative estimate of drug-likeness (QED) is 0.683. The van der Waals surface area contributed by atoms with Crippen LogP contribution in [0.2, 0.25) is 5.02 Å². The van der Waals surface area contributed by atoms with Gasteiger partial charge in [0.25, 0.3) is 5.91 Å². The molecule has 0 spiro atoms. The van der Waals surface area contributed by atoms with Gasteiger partial charge in [-0.05, 0) is 30.3 Å². The Kier molecular flexibility index (Phi) is 4.58. The second kappa shape index (κ2) is 6.82. The van der Waals surface area contributed by atoms with Gasteiger partial charge in [-0.25, -0.2) is 4.98 Å². The number of fused-ring (bicyclic) bond motifs is 1. The normalized spacial score (nSPS) is 10.5. The van der Waals surface area contributed by atoms with Gasteiger partial charge in [-0.1, -0.05) is 11.6 Å². The van der Waals surface area contributed by atoms with E-state index in [2.05, 4.69) is 15.6 Å². The van der Waals surface area contributed by atoms with Crippen molar-refractivity contribution in [1.29, 1.82) is 0 Å². The maximum absolute atomic E-state index is 12.5. The van der Waals surface area contributed by atoms with Gasteiger partial charge in [-0.15, -0.1) is 0 Å². The summed E-state index contributed by atoms with van der Waals surface area (Å²) < 4.78 is 5.64. The van der Waals surface area contributed by atoms with Gasteiger partial charge in [0, 0.05) is 31.4 Å². The van der Waals surface area contributed by atoms with Crippen LogP contribution in [0, 0.1) is 0 Å². The molecule has 0 radical (unpaired) electrons. The molecule has 128 valence electrons. The summed E-state index contributed by atoms with van der Waals surface area (Å²) in [6.07, 6.45) is 1.92. The smallest absolute Gasteiger partial charge is 0.294 e. The number of carbonyl (C=O) groups is 2. The molecule has 3 aromatic rings. The summed E-state index contributed by atoms with van der Waals surface area (Å²) in [5.74, 6) is -0.211. The van der Waals surface area contributed by atoms with Crippen LogP contribution in [0.5, 0.6) is 0 Å². The van der Waals surface area contributed by atoms with Crippen molar-refractivity contribution < 1.29 is 14.0 Å². The van der Waals surface area contributed by atoms with Gasteiger partial charge >= 0.3 is 0 Å². The summed E-state index contributed by atoms with van der Waals surface area (Å²) in [5, 5.41) is 6.25. The molecule has 0 unspecified atom stereocenters. The van der Waals surface area contributed by atoms with Gasteiger partial charge in [0.05, 0.1) is 5.02 Å². The molecule has 0 bridgehead atoms. The SMILES string of the molecule is CN(C)c1ccc2oc(C(=O)Nc3ccc(Cl)cn3)c(NC=O)c2c1. The average Bonchev–Trinajstić information content (AvgIpc) is 2.95. The van der Waals surface area contributed by atoms with E-state index < -0.39 is 5.91 Å². The Morgan fingerprint density at radius 2 is 2.08 bits per heavy atom. The highest BCUT2D eigenvalue weighted by atomic mass is 35.5. The van der Waals surface area contributed by atoms with E-state index >= 15 is 0 Å². The molecule has 1 aromatic carbocycles. The van der Waals surface area contributed by atoms with Crippen molar-refractivity contribution in [3.05, 3.63) is 47.3 Å². The van der Waals surface area contributed by atoms with Crippen LogP contribution < -0.4 is 15.5 Å². The first-order valence-corrected chi connectivity index (χ1v) is 7.74. The lowest BCUT2D eigenvalue weighted by Gasteiger charge is -2.11. The topological polar surface area (TPSA) is 87.5 Å². The standard InChI is InChI=1S/C17H15ClN4O3/c1-22(2)11-4-5-13-12(7-11)15(20-9-23)16(25-13)17(24)21-14-6-3-10(18)8-19-14/h3-9H,1-2H3,(H,20,23)(H,19,21,24). The highest BCUT2D eigenvalue weighted by molar-refractivity contribution is 6.30. The third kappa shape index (κ3) is 3.41. The maximum Gasteiger partial charge on any atom is 0.294 e. The minimum atomic E-state index is -0.526. The van der Waals surface area contributed by atoms with E-state index in [0.29, 0.717) is 33.9 Å². The lowest BCUT2D eigenvalue weighted by Crippen LogP contribution is -2.14. The molecule has 0 saturated heterocycles. The maximum atomic E-state index is 12.5. The fraction of sp³-hybridized carbons (Fsp3) is 0.118. The fourth-order valence-electron chi connectivity index (χ4n) is 2.35. The van der Waals surface area contributed by atoms with Crippen LogP contribution in [0.4, 0.5) is 17.2 Å². The Labute approximate surface area is 148 Å². The van der Waals surface area contributed by atoms with E-state index in [-0.39, 0.29) is 5.76 Å². The summed E-state index contributed by atoms with van der Waals surface area (Å²) in [5.41, 5.74) is 1.71. The minimum absolute atomic E-state index is 0.00486. The van der Waals surface area contributed by atoms with Crippen molar-refractivity contribution >= 4 is 52.1 Å². The first-order valence-electron chi connectivity index (χ1n) is 7.36. The molecule has 0 atom stereocenters. The molecule has 8 heteroatoms. The zero-order valence-corrected chi connectivity index (χ0v) is 14.3. The molecule has 0 fully saturated rings. The van der Waals surface area contributed by atoms with Crippen molar-refractivity contribution in [2.24, 2.45) is 0 Å². The molecule has 25 heavy (non-hydrogen) atoms. The lowest BCUT2D eigenvalue weighted by molar-refractivity contribution is -0.105. The van der Waals surface area contributed by atoms with Gasteiger partial charge in [-0.2, -0.15) is 0 Å². The molecule has 2 aromatic heterocycles. The van der Waals surface area contributed by atoms with Gasteiger partial charge < -0.3 is 20.0 Å². The number of aromatic nitrogens is 1. The highest BCUT2D eigenvalue weighted by Gasteiger charge is 2.21. The molecule has 2 N–H and O–H groups in total. The van der Waals surface area contributed by atoms with Gasteiger partial charge in [-0.3, -0.25) is 9.59 Å². The number of pyridine rings is 1. The van der Waals surface area contributed by atoms with Gasteiger partial charge in [0.1, 0.15) is 17.1 Å². The fourth-order valence-corrected chi connectivity index (χ4v) is 2.46. The molecule has 0 aliphatic carbocycles. The molecule has 2 heterocycles. The number of benzene rings is 1. The van der Waals surface area contributed by atoms with E-state index in [9.17, 15) is 9.59 Å². The minimum Gasteiger partial charge on any atom is -0.449 e. The predicted molar refractivity (Wildman–Crippen MR) is 97.4 cm³/mol. The van der Waals surface area contributed by atoms with Crippen LogP contribution >= 0.6 is 11.6 Å². The third-order valence-electron chi connectivity index (χ3n) is 3.57. The second-order valence-corrected chi connectivity index (χ2v) is 5.90. The van der Waals surface area contributed by atoms with E-state index in [0.717, 1.165) is 5.69 Å². The Bertz CT molecular complexity index is 935. The lowest BCUT2D eigenvalue weighted by atomic mass is 10.2. The number of halogens is 1. The number of nitrogens with one attached hydrogen (secondary N) is 2. The predicted octanol–water partition coefficient (Wildman–Crippen LogP) is 3.37. The van der Waals surface area contributed by atoms with Crippen LogP contribution in [-0.2, 0) is 4.79 Å². The Hall–Kier alpha value is -3.06. The molecule has 0 aliphatic rings. The largest absolute Gasteiger partial charge is 0.449 e. The molecule has 2 amide bonds. The monoisotopic (exact) mass is 358 g/mol. The number of hydrogen-bond donors (Lipinski definition) is 2.